The SMILES string of the molecule is O=S(=O)([O-])[O-].O=S(=O)([O-])[O-].[Ca+2].[S+2]. The molecule has 0 unspecified atom stereocenters. The van der Waals surface area contributed by atoms with Gasteiger partial charge in [-0.15, -0.1) is 0 Å². The molecule has 0 aliphatic heterocycles. The summed E-state index contributed by atoms with van der Waals surface area (Å²) in [5.74, 6) is 0. The van der Waals surface area contributed by atoms with Crippen molar-refractivity contribution in [3.05, 3.63) is 0 Å². The van der Waals surface area contributed by atoms with Crippen LogP contribution in [0.5, 0.6) is 0 Å². The van der Waals surface area contributed by atoms with E-state index in [2.05, 4.69) is 0 Å². The molecule has 0 aliphatic rings. The average Bonchev–Trinajstić information content (AvgIpc) is 1.12. The summed E-state index contributed by atoms with van der Waals surface area (Å²) in [7, 11) is -10.3. The molecule has 0 aliphatic carbocycles. The van der Waals surface area contributed by atoms with Crippen molar-refractivity contribution in [1.29, 1.82) is 0 Å². The summed E-state index contributed by atoms with van der Waals surface area (Å²) in [6, 6.07) is 0. The Hall–Kier alpha value is 1.35. The van der Waals surface area contributed by atoms with Gasteiger partial charge >= 0.3 is 51.2 Å². The first-order valence-corrected chi connectivity index (χ1v) is 4.00. The van der Waals surface area contributed by atoms with Crippen LogP contribution in [0, 0.1) is 0 Å². The van der Waals surface area contributed by atoms with Gasteiger partial charge in [0.25, 0.3) is 0 Å². The molecule has 4 radical (unpaired) electrons. The summed E-state index contributed by atoms with van der Waals surface area (Å²) in [4.78, 5) is 0. The van der Waals surface area contributed by atoms with Crippen molar-refractivity contribution < 1.29 is 35.0 Å². The molecule has 0 atom stereocenters. The molecule has 0 fully saturated rings. The monoisotopic (exact) mass is 264 g/mol. The fraction of sp³-hybridized carbons (Fsp3) is 0. The van der Waals surface area contributed by atoms with Crippen molar-refractivity contribution in [2.75, 3.05) is 0 Å². The van der Waals surface area contributed by atoms with Crippen molar-refractivity contribution in [2.45, 2.75) is 0 Å². The fourth-order valence-corrected chi connectivity index (χ4v) is 0. The molecule has 12 heteroatoms. The molecule has 68 valence electrons. The first-order chi connectivity index (χ1) is 4.00. The Kier molecular flexibility index (Phi) is 17.3. The first-order valence-electron chi connectivity index (χ1n) is 1.33. The molecule has 0 bridgehead atoms. The summed E-state index contributed by atoms with van der Waals surface area (Å²) in [6.07, 6.45) is 0. The van der Waals surface area contributed by atoms with Crippen LogP contribution in [0.3, 0.4) is 0 Å². The normalized spacial score (nSPS) is 9.67. The minimum absolute atomic E-state index is 0. The molecule has 0 rings (SSSR count). The maximum Gasteiger partial charge on any atom is 2.00 e. The molecule has 0 N–H and O–H groups in total. The third kappa shape index (κ3) is 667. The molecular weight excluding hydrogens is 264 g/mol. The largest absolute Gasteiger partial charge is 2.00 e. The first kappa shape index (κ1) is 23.3. The van der Waals surface area contributed by atoms with E-state index in [4.69, 9.17) is 35.0 Å². The molecule has 0 heterocycles. The van der Waals surface area contributed by atoms with Gasteiger partial charge in [0, 0.05) is 20.8 Å². The van der Waals surface area contributed by atoms with Crippen LogP contribution in [-0.4, -0.2) is 72.8 Å². The third-order valence-electron chi connectivity index (χ3n) is 0. The average molecular weight is 264 g/mol. The number of rotatable bonds is 0. The van der Waals surface area contributed by atoms with Gasteiger partial charge in [0.1, 0.15) is 0 Å². The zero-order valence-electron chi connectivity index (χ0n) is 5.20. The van der Waals surface area contributed by atoms with E-state index in [1.54, 1.807) is 0 Å². The summed E-state index contributed by atoms with van der Waals surface area (Å²) >= 11 is 0. The van der Waals surface area contributed by atoms with Gasteiger partial charge in [0.05, 0.1) is 0 Å². The van der Waals surface area contributed by atoms with Gasteiger partial charge in [-0.3, -0.25) is 16.8 Å². The Morgan fingerprint density at radius 3 is 0.667 bits per heavy atom. The standard InChI is InChI=1S/Ca.2H2O4S.S/c;2*1-5(2,3)4;/h;2*(H2,1,2,3,4);/q+2;;;+2/p-4. The summed E-state index contributed by atoms with van der Waals surface area (Å²) in [5, 5.41) is 0. The van der Waals surface area contributed by atoms with E-state index >= 15 is 0 Å². The Bertz CT molecular complexity index is 211. The molecule has 0 aromatic rings. The van der Waals surface area contributed by atoms with Crippen LogP contribution in [0.2, 0.25) is 0 Å². The Morgan fingerprint density at radius 2 is 0.667 bits per heavy atom. The minimum atomic E-state index is -5.17. The van der Waals surface area contributed by atoms with Gasteiger partial charge < -0.3 is 18.2 Å². The predicted molar refractivity (Wildman–Crippen MR) is 34.1 cm³/mol. The van der Waals surface area contributed by atoms with Crippen LogP contribution < -0.4 is 0 Å². The number of hydrogen-bond donors (Lipinski definition) is 0. The molecule has 0 amide bonds. The quantitative estimate of drug-likeness (QED) is 0.253. The van der Waals surface area contributed by atoms with E-state index in [0.717, 1.165) is 0 Å². The fourth-order valence-electron chi connectivity index (χ4n) is 0. The zero-order chi connectivity index (χ0) is 9.00. The van der Waals surface area contributed by atoms with Gasteiger partial charge in [0.15, 0.2) is 0 Å². The second-order valence-electron chi connectivity index (χ2n) is 0.816. The molecule has 12 heavy (non-hydrogen) atoms. The molecule has 0 aromatic carbocycles. The minimum Gasteiger partial charge on any atom is -0.759 e. The molecular formula is CaO8S3. The summed E-state index contributed by atoms with van der Waals surface area (Å²) in [5.41, 5.74) is 0. The van der Waals surface area contributed by atoms with E-state index < -0.39 is 20.8 Å². The van der Waals surface area contributed by atoms with Crippen LogP contribution in [0.25, 0.3) is 0 Å². The molecule has 0 saturated carbocycles. The molecule has 0 spiro atoms. The Labute approximate surface area is 106 Å². The maximum absolute atomic E-state index is 8.52. The molecule has 0 aromatic heterocycles. The van der Waals surface area contributed by atoms with Crippen LogP contribution >= 0.6 is 0 Å². The summed E-state index contributed by atoms with van der Waals surface area (Å²) in [6.45, 7) is 0. The van der Waals surface area contributed by atoms with Crippen LogP contribution in [-0.2, 0) is 34.3 Å². The van der Waals surface area contributed by atoms with Gasteiger partial charge in [-0.1, -0.05) is 0 Å². The smallest absolute Gasteiger partial charge is 0.759 e. The second kappa shape index (κ2) is 8.93. The van der Waals surface area contributed by atoms with Crippen molar-refractivity contribution >= 4 is 72.0 Å². The second-order valence-corrected chi connectivity index (χ2v) is 2.45. The van der Waals surface area contributed by atoms with Crippen molar-refractivity contribution in [1.82, 2.24) is 0 Å². The topological polar surface area (TPSA) is 161 Å². The van der Waals surface area contributed by atoms with E-state index in [9.17, 15) is 0 Å². The van der Waals surface area contributed by atoms with E-state index in [1.165, 1.54) is 0 Å². The van der Waals surface area contributed by atoms with Gasteiger partial charge in [-0.2, -0.15) is 0 Å². The van der Waals surface area contributed by atoms with Gasteiger partial charge in [-0.25, -0.2) is 0 Å². The Morgan fingerprint density at radius 1 is 0.667 bits per heavy atom. The van der Waals surface area contributed by atoms with E-state index in [0.29, 0.717) is 0 Å². The predicted octanol–water partition coefficient (Wildman–Crippen LogP) is -3.06. The molecule has 8 nitrogen and oxygen atoms in total. The van der Waals surface area contributed by atoms with Crippen LogP contribution in [0.4, 0.5) is 0 Å². The third-order valence-corrected chi connectivity index (χ3v) is 0. The van der Waals surface area contributed by atoms with Gasteiger partial charge in [0.2, 0.25) is 0 Å². The zero-order valence-corrected chi connectivity index (χ0v) is 9.86. The number of hydrogen-bond acceptors (Lipinski definition) is 8. The molecule has 0 saturated heterocycles. The van der Waals surface area contributed by atoms with Crippen molar-refractivity contribution in [3.63, 3.8) is 0 Å². The van der Waals surface area contributed by atoms with Crippen LogP contribution in [0.1, 0.15) is 0 Å². The van der Waals surface area contributed by atoms with Crippen LogP contribution in [0.15, 0.2) is 0 Å². The Balaban J connectivity index is -0.0000000457. The van der Waals surface area contributed by atoms with Crippen molar-refractivity contribution in [3.8, 4) is 0 Å². The summed E-state index contributed by atoms with van der Waals surface area (Å²) < 4.78 is 68.2. The maximum atomic E-state index is 8.52. The van der Waals surface area contributed by atoms with E-state index in [1.807, 2.05) is 0 Å². The van der Waals surface area contributed by atoms with E-state index in [-0.39, 0.29) is 51.2 Å². The van der Waals surface area contributed by atoms with Gasteiger partial charge in [-0.05, 0) is 0 Å². The van der Waals surface area contributed by atoms with Crippen molar-refractivity contribution in [2.24, 2.45) is 0 Å².